The van der Waals surface area contributed by atoms with Crippen LogP contribution < -0.4 is 10.6 Å². The summed E-state index contributed by atoms with van der Waals surface area (Å²) in [5.41, 5.74) is 3.39. The predicted molar refractivity (Wildman–Crippen MR) is 80.9 cm³/mol. The summed E-state index contributed by atoms with van der Waals surface area (Å²) >= 11 is 1.61. The Morgan fingerprint density at radius 2 is 2.30 bits per heavy atom. The SMILES string of the molecule is C=CCNC(=O)c1ccc(NCc2scnc2C)nc1. The highest BCUT2D eigenvalue weighted by molar-refractivity contribution is 7.09. The van der Waals surface area contributed by atoms with Gasteiger partial charge in [0.15, 0.2) is 0 Å². The first-order valence-corrected chi connectivity index (χ1v) is 7.06. The van der Waals surface area contributed by atoms with Crippen LogP contribution in [0.15, 0.2) is 36.5 Å². The quantitative estimate of drug-likeness (QED) is 0.801. The summed E-state index contributed by atoms with van der Waals surface area (Å²) in [5, 5.41) is 5.91. The number of nitrogens with zero attached hydrogens (tertiary/aromatic N) is 2. The number of anilines is 1. The highest BCUT2D eigenvalue weighted by Gasteiger charge is 2.05. The van der Waals surface area contributed by atoms with Crippen LogP contribution in [0.1, 0.15) is 20.9 Å². The molecule has 0 saturated carbocycles. The van der Waals surface area contributed by atoms with Crippen LogP contribution in [-0.4, -0.2) is 22.4 Å². The van der Waals surface area contributed by atoms with Gasteiger partial charge in [0, 0.05) is 17.6 Å². The zero-order chi connectivity index (χ0) is 14.4. The van der Waals surface area contributed by atoms with Crippen LogP contribution in [0.4, 0.5) is 5.82 Å². The fourth-order valence-corrected chi connectivity index (χ4v) is 2.28. The van der Waals surface area contributed by atoms with E-state index in [4.69, 9.17) is 0 Å². The smallest absolute Gasteiger partial charge is 0.253 e. The average Bonchev–Trinajstić information content (AvgIpc) is 2.88. The molecule has 0 aliphatic rings. The Morgan fingerprint density at radius 1 is 1.45 bits per heavy atom. The van der Waals surface area contributed by atoms with Gasteiger partial charge in [-0.15, -0.1) is 17.9 Å². The number of amides is 1. The van der Waals surface area contributed by atoms with Gasteiger partial charge in [-0.25, -0.2) is 9.97 Å². The molecular formula is C14H16N4OS. The molecule has 1 amide bonds. The van der Waals surface area contributed by atoms with Crippen LogP contribution in [0.5, 0.6) is 0 Å². The van der Waals surface area contributed by atoms with Crippen LogP contribution in [0.25, 0.3) is 0 Å². The van der Waals surface area contributed by atoms with E-state index < -0.39 is 0 Å². The zero-order valence-corrected chi connectivity index (χ0v) is 12.0. The van der Waals surface area contributed by atoms with Crippen LogP contribution in [0, 0.1) is 6.92 Å². The van der Waals surface area contributed by atoms with Gasteiger partial charge in [-0.1, -0.05) is 6.08 Å². The van der Waals surface area contributed by atoms with E-state index in [0.717, 1.165) is 11.5 Å². The van der Waals surface area contributed by atoms with Gasteiger partial charge < -0.3 is 10.6 Å². The molecule has 5 nitrogen and oxygen atoms in total. The molecule has 20 heavy (non-hydrogen) atoms. The second kappa shape index (κ2) is 6.81. The van der Waals surface area contributed by atoms with Crippen LogP contribution in [-0.2, 0) is 6.54 Å². The lowest BCUT2D eigenvalue weighted by Crippen LogP contribution is -2.23. The lowest BCUT2D eigenvalue weighted by atomic mass is 10.2. The van der Waals surface area contributed by atoms with E-state index in [1.54, 1.807) is 35.7 Å². The van der Waals surface area contributed by atoms with Crippen LogP contribution >= 0.6 is 11.3 Å². The van der Waals surface area contributed by atoms with Gasteiger partial charge in [0.2, 0.25) is 0 Å². The third-order valence-corrected chi connectivity index (χ3v) is 3.64. The maximum atomic E-state index is 11.7. The number of aryl methyl sites for hydroxylation is 1. The Labute approximate surface area is 121 Å². The van der Waals surface area contributed by atoms with E-state index in [2.05, 4.69) is 27.2 Å². The number of nitrogens with one attached hydrogen (secondary N) is 2. The van der Waals surface area contributed by atoms with E-state index >= 15 is 0 Å². The molecular weight excluding hydrogens is 272 g/mol. The molecule has 0 saturated heterocycles. The zero-order valence-electron chi connectivity index (χ0n) is 11.2. The summed E-state index contributed by atoms with van der Waals surface area (Å²) in [6.07, 6.45) is 3.19. The van der Waals surface area contributed by atoms with Gasteiger partial charge in [-0.2, -0.15) is 0 Å². The third kappa shape index (κ3) is 3.64. The van der Waals surface area contributed by atoms with Gasteiger partial charge in [0.05, 0.1) is 23.3 Å². The minimum Gasteiger partial charge on any atom is -0.365 e. The summed E-state index contributed by atoms with van der Waals surface area (Å²) in [4.78, 5) is 21.3. The number of carbonyl (C=O) groups excluding carboxylic acids is 1. The first kappa shape index (κ1) is 14.2. The van der Waals surface area contributed by atoms with Gasteiger partial charge in [-0.05, 0) is 19.1 Å². The number of rotatable bonds is 6. The number of thiazole rings is 1. The minimum atomic E-state index is -0.151. The van der Waals surface area contributed by atoms with Crippen molar-refractivity contribution in [3.63, 3.8) is 0 Å². The van der Waals surface area contributed by atoms with Crippen molar-refractivity contribution in [3.8, 4) is 0 Å². The second-order valence-electron chi connectivity index (χ2n) is 4.15. The van der Waals surface area contributed by atoms with Crippen molar-refractivity contribution in [1.82, 2.24) is 15.3 Å². The van der Waals surface area contributed by atoms with Crippen molar-refractivity contribution in [1.29, 1.82) is 0 Å². The fraction of sp³-hybridized carbons (Fsp3) is 0.214. The van der Waals surface area contributed by atoms with Gasteiger partial charge in [0.1, 0.15) is 5.82 Å². The molecule has 2 rings (SSSR count). The number of carbonyl (C=O) groups is 1. The molecule has 0 unspecified atom stereocenters. The summed E-state index contributed by atoms with van der Waals surface area (Å²) in [7, 11) is 0. The molecule has 0 aliphatic carbocycles. The minimum absolute atomic E-state index is 0.151. The Morgan fingerprint density at radius 3 is 2.90 bits per heavy atom. The van der Waals surface area contributed by atoms with E-state index in [-0.39, 0.29) is 5.91 Å². The van der Waals surface area contributed by atoms with E-state index in [9.17, 15) is 4.79 Å². The number of pyridine rings is 1. The monoisotopic (exact) mass is 288 g/mol. The van der Waals surface area contributed by atoms with E-state index in [0.29, 0.717) is 18.7 Å². The summed E-state index contributed by atoms with van der Waals surface area (Å²) in [5.74, 6) is 0.584. The van der Waals surface area contributed by atoms with E-state index in [1.807, 2.05) is 12.4 Å². The number of aromatic nitrogens is 2. The topological polar surface area (TPSA) is 66.9 Å². The fourth-order valence-electron chi connectivity index (χ4n) is 1.57. The molecule has 0 radical (unpaired) electrons. The molecule has 0 atom stereocenters. The Balaban J connectivity index is 1.93. The molecule has 2 aromatic rings. The lowest BCUT2D eigenvalue weighted by Gasteiger charge is -2.06. The molecule has 2 heterocycles. The summed E-state index contributed by atoms with van der Waals surface area (Å²) in [6.45, 7) is 6.67. The molecule has 2 aromatic heterocycles. The standard InChI is InChI=1S/C14H16N4OS/c1-3-6-15-14(19)11-4-5-13(16-7-11)17-8-12-10(2)18-9-20-12/h3-5,7,9H,1,6,8H2,2H3,(H,15,19)(H,16,17). The maximum absolute atomic E-state index is 11.7. The lowest BCUT2D eigenvalue weighted by molar-refractivity contribution is 0.0957. The first-order valence-electron chi connectivity index (χ1n) is 6.18. The van der Waals surface area contributed by atoms with Gasteiger partial charge in [0.25, 0.3) is 5.91 Å². The predicted octanol–water partition coefficient (Wildman–Crippen LogP) is 2.37. The van der Waals surface area contributed by atoms with Gasteiger partial charge in [-0.3, -0.25) is 4.79 Å². The number of hydrogen-bond acceptors (Lipinski definition) is 5. The Hall–Kier alpha value is -2.21. The highest BCUT2D eigenvalue weighted by Crippen LogP contribution is 2.14. The summed E-state index contributed by atoms with van der Waals surface area (Å²) in [6, 6.07) is 3.53. The normalized spacial score (nSPS) is 10.1. The van der Waals surface area contributed by atoms with Crippen LogP contribution in [0.2, 0.25) is 0 Å². The van der Waals surface area contributed by atoms with Gasteiger partial charge >= 0.3 is 0 Å². The van der Waals surface area contributed by atoms with Crippen molar-refractivity contribution in [2.45, 2.75) is 13.5 Å². The molecule has 0 fully saturated rings. The molecule has 104 valence electrons. The van der Waals surface area contributed by atoms with Crippen molar-refractivity contribution >= 4 is 23.1 Å². The van der Waals surface area contributed by atoms with Crippen molar-refractivity contribution in [3.05, 3.63) is 52.6 Å². The molecule has 0 bridgehead atoms. The average molecular weight is 288 g/mol. The van der Waals surface area contributed by atoms with Crippen molar-refractivity contribution < 1.29 is 4.79 Å². The molecule has 6 heteroatoms. The number of hydrogen-bond donors (Lipinski definition) is 2. The van der Waals surface area contributed by atoms with Crippen molar-refractivity contribution in [2.75, 3.05) is 11.9 Å². The summed E-state index contributed by atoms with van der Waals surface area (Å²) < 4.78 is 0. The largest absolute Gasteiger partial charge is 0.365 e. The Bertz CT molecular complexity index is 591. The third-order valence-electron chi connectivity index (χ3n) is 2.71. The van der Waals surface area contributed by atoms with Crippen molar-refractivity contribution in [2.24, 2.45) is 0 Å². The molecule has 0 spiro atoms. The highest BCUT2D eigenvalue weighted by atomic mass is 32.1. The molecule has 0 aliphatic heterocycles. The van der Waals surface area contributed by atoms with Crippen LogP contribution in [0.3, 0.4) is 0 Å². The maximum Gasteiger partial charge on any atom is 0.253 e. The first-order chi connectivity index (χ1) is 9.70. The molecule has 2 N–H and O–H groups in total. The van der Waals surface area contributed by atoms with E-state index in [1.165, 1.54) is 4.88 Å². The Kier molecular flexibility index (Phi) is 4.84. The molecule has 0 aromatic carbocycles. The second-order valence-corrected chi connectivity index (χ2v) is 5.08.